The van der Waals surface area contributed by atoms with Gasteiger partial charge in [0, 0.05) is 24.6 Å². The topological polar surface area (TPSA) is 135 Å². The Hall–Kier alpha value is -4.28. The molecule has 0 unspecified atom stereocenters. The second-order valence-corrected chi connectivity index (χ2v) is 10.9. The van der Waals surface area contributed by atoms with Crippen LogP contribution in [0, 0.1) is 11.8 Å². The Morgan fingerprint density at radius 2 is 1.74 bits per heavy atom. The lowest BCUT2D eigenvalue weighted by Crippen LogP contribution is -2.52. The minimum Gasteiger partial charge on any atom is -0.496 e. The summed E-state index contributed by atoms with van der Waals surface area (Å²) in [4.78, 5) is 53.9. The van der Waals surface area contributed by atoms with Crippen LogP contribution in [-0.2, 0) is 20.9 Å². The van der Waals surface area contributed by atoms with Gasteiger partial charge in [-0.15, -0.1) is 0 Å². The van der Waals surface area contributed by atoms with E-state index in [9.17, 15) is 19.2 Å². The van der Waals surface area contributed by atoms with Crippen molar-refractivity contribution in [2.24, 2.45) is 11.8 Å². The van der Waals surface area contributed by atoms with Crippen LogP contribution >= 0.6 is 0 Å². The van der Waals surface area contributed by atoms with Crippen LogP contribution in [0.5, 0.6) is 23.0 Å². The first-order chi connectivity index (χ1) is 20.2. The highest BCUT2D eigenvalue weighted by Crippen LogP contribution is 2.37. The van der Waals surface area contributed by atoms with Crippen molar-refractivity contribution in [3.63, 3.8) is 0 Å². The second kappa shape index (κ2) is 14.1. The predicted molar refractivity (Wildman–Crippen MR) is 156 cm³/mol. The SMILES string of the molecule is COc1ccc2cc1Oc1cccc(OC)c1CNC(=O)[C@@H](C(C)C)NC(=O)CN(C(=O)C1CC1)CCCCNC2=O. The van der Waals surface area contributed by atoms with Gasteiger partial charge in [0.05, 0.1) is 32.9 Å². The van der Waals surface area contributed by atoms with Crippen LogP contribution in [-0.4, -0.2) is 68.4 Å². The summed E-state index contributed by atoms with van der Waals surface area (Å²) in [6.45, 7) is 4.40. The van der Waals surface area contributed by atoms with Gasteiger partial charge >= 0.3 is 0 Å². The molecule has 4 amide bonds. The molecule has 2 aromatic carbocycles. The number of carbonyl (C=O) groups is 4. The minimum absolute atomic E-state index is 0.0451. The Bertz CT molecular complexity index is 1310. The maximum absolute atomic E-state index is 13.3. The molecule has 0 saturated heterocycles. The summed E-state index contributed by atoms with van der Waals surface area (Å²) in [6.07, 6.45) is 2.87. The van der Waals surface area contributed by atoms with E-state index in [2.05, 4.69) is 16.0 Å². The number of hydrogen-bond donors (Lipinski definition) is 3. The summed E-state index contributed by atoms with van der Waals surface area (Å²) in [6, 6.07) is 9.35. The average Bonchev–Trinajstić information content (AvgIpc) is 3.83. The summed E-state index contributed by atoms with van der Waals surface area (Å²) in [7, 11) is 3.03. The van der Waals surface area contributed by atoms with E-state index >= 15 is 0 Å². The van der Waals surface area contributed by atoms with Gasteiger partial charge in [-0.3, -0.25) is 19.2 Å². The van der Waals surface area contributed by atoms with Gasteiger partial charge in [-0.2, -0.15) is 0 Å². The molecule has 1 aliphatic heterocycles. The third kappa shape index (κ3) is 7.71. The molecule has 1 fully saturated rings. The van der Waals surface area contributed by atoms with Crippen molar-refractivity contribution < 1.29 is 33.4 Å². The first-order valence-corrected chi connectivity index (χ1v) is 14.4. The number of rotatable bonds is 4. The summed E-state index contributed by atoms with van der Waals surface area (Å²) in [5.74, 6) is 0.292. The summed E-state index contributed by atoms with van der Waals surface area (Å²) in [5, 5.41) is 8.65. The van der Waals surface area contributed by atoms with E-state index in [0.717, 1.165) is 12.8 Å². The number of nitrogens with one attached hydrogen (secondary N) is 3. The quantitative estimate of drug-likeness (QED) is 0.506. The number of carbonyl (C=O) groups excluding carboxylic acids is 4. The molecule has 1 heterocycles. The maximum atomic E-state index is 13.3. The van der Waals surface area contributed by atoms with Crippen LogP contribution in [0.25, 0.3) is 0 Å². The highest BCUT2D eigenvalue weighted by molar-refractivity contribution is 5.95. The lowest BCUT2D eigenvalue weighted by Gasteiger charge is -2.26. The molecule has 2 bridgehead atoms. The number of benzene rings is 2. The Kier molecular flexibility index (Phi) is 10.3. The molecular weight excluding hydrogens is 540 g/mol. The molecule has 0 aromatic heterocycles. The van der Waals surface area contributed by atoms with Crippen molar-refractivity contribution in [1.29, 1.82) is 0 Å². The van der Waals surface area contributed by atoms with Crippen molar-refractivity contribution in [1.82, 2.24) is 20.9 Å². The number of fused-ring (bicyclic) bond motifs is 3. The molecule has 4 rings (SSSR count). The third-order valence-electron chi connectivity index (χ3n) is 7.37. The fourth-order valence-corrected chi connectivity index (χ4v) is 4.82. The molecule has 2 aliphatic rings. The third-order valence-corrected chi connectivity index (χ3v) is 7.37. The zero-order valence-corrected chi connectivity index (χ0v) is 24.7. The molecule has 0 spiro atoms. The van der Waals surface area contributed by atoms with Crippen LogP contribution in [0.4, 0.5) is 0 Å². The number of ether oxygens (including phenoxy) is 3. The first kappa shape index (κ1) is 30.7. The van der Waals surface area contributed by atoms with Crippen molar-refractivity contribution in [2.75, 3.05) is 33.9 Å². The zero-order valence-electron chi connectivity index (χ0n) is 24.7. The van der Waals surface area contributed by atoms with Crippen LogP contribution in [0.15, 0.2) is 36.4 Å². The molecule has 226 valence electrons. The number of hydrogen-bond acceptors (Lipinski definition) is 7. The first-order valence-electron chi connectivity index (χ1n) is 14.4. The van der Waals surface area contributed by atoms with Crippen LogP contribution in [0.1, 0.15) is 55.5 Å². The van der Waals surface area contributed by atoms with Crippen molar-refractivity contribution in [3.8, 4) is 23.0 Å². The van der Waals surface area contributed by atoms with Crippen molar-refractivity contribution >= 4 is 23.6 Å². The van der Waals surface area contributed by atoms with E-state index in [0.29, 0.717) is 60.1 Å². The van der Waals surface area contributed by atoms with Gasteiger partial charge in [0.15, 0.2) is 11.5 Å². The molecule has 2 aromatic rings. The molecule has 42 heavy (non-hydrogen) atoms. The van der Waals surface area contributed by atoms with Gasteiger partial charge in [0.25, 0.3) is 5.91 Å². The Labute approximate surface area is 246 Å². The monoisotopic (exact) mass is 580 g/mol. The molecule has 11 heteroatoms. The van der Waals surface area contributed by atoms with E-state index in [-0.39, 0.29) is 42.6 Å². The molecule has 1 saturated carbocycles. The Morgan fingerprint density at radius 3 is 2.43 bits per heavy atom. The minimum atomic E-state index is -0.813. The number of amides is 4. The number of nitrogens with zero attached hydrogens (tertiary/aromatic N) is 1. The van der Waals surface area contributed by atoms with E-state index < -0.39 is 11.9 Å². The fourth-order valence-electron chi connectivity index (χ4n) is 4.82. The van der Waals surface area contributed by atoms with Gasteiger partial charge in [0.2, 0.25) is 17.7 Å². The maximum Gasteiger partial charge on any atom is 0.251 e. The smallest absolute Gasteiger partial charge is 0.251 e. The summed E-state index contributed by atoms with van der Waals surface area (Å²) >= 11 is 0. The van der Waals surface area contributed by atoms with Gasteiger partial charge in [0.1, 0.15) is 17.5 Å². The molecule has 0 radical (unpaired) electrons. The number of methoxy groups -OCH3 is 2. The second-order valence-electron chi connectivity index (χ2n) is 10.9. The fraction of sp³-hybridized carbons (Fsp3) is 0.484. The highest BCUT2D eigenvalue weighted by atomic mass is 16.5. The molecule has 3 N–H and O–H groups in total. The van der Waals surface area contributed by atoms with Crippen molar-refractivity contribution in [2.45, 2.75) is 52.1 Å². The average molecular weight is 581 g/mol. The Balaban J connectivity index is 1.65. The molecule has 1 aliphatic carbocycles. The molecule has 11 nitrogen and oxygen atoms in total. The van der Waals surface area contributed by atoms with Gasteiger partial charge in [-0.05, 0) is 61.9 Å². The molecular formula is C31H40N4O7. The van der Waals surface area contributed by atoms with Crippen molar-refractivity contribution in [3.05, 3.63) is 47.5 Å². The highest BCUT2D eigenvalue weighted by Gasteiger charge is 2.34. The lowest BCUT2D eigenvalue weighted by molar-refractivity contribution is -0.138. The molecule has 1 atom stereocenters. The van der Waals surface area contributed by atoms with Gasteiger partial charge in [-0.1, -0.05) is 19.9 Å². The van der Waals surface area contributed by atoms with E-state index in [1.54, 1.807) is 41.3 Å². The van der Waals surface area contributed by atoms with Crippen LogP contribution < -0.4 is 30.2 Å². The van der Waals surface area contributed by atoms with E-state index in [4.69, 9.17) is 14.2 Å². The normalized spacial score (nSPS) is 19.0. The lowest BCUT2D eigenvalue weighted by atomic mass is 10.0. The summed E-state index contributed by atoms with van der Waals surface area (Å²) < 4.78 is 17.3. The van der Waals surface area contributed by atoms with Gasteiger partial charge < -0.3 is 35.1 Å². The van der Waals surface area contributed by atoms with Crippen LogP contribution in [0.2, 0.25) is 0 Å². The summed E-state index contributed by atoms with van der Waals surface area (Å²) in [5.41, 5.74) is 0.953. The van der Waals surface area contributed by atoms with Crippen LogP contribution in [0.3, 0.4) is 0 Å². The zero-order chi connectivity index (χ0) is 30.2. The largest absolute Gasteiger partial charge is 0.496 e. The standard InChI is InChI=1S/C31H40N4O7/c1-19(2)28-30(38)33-17-22-23(40-3)8-7-9-24(22)42-26-16-21(12-13-25(26)41-4)29(37)32-14-5-6-15-35(18-27(36)34-28)31(39)20-10-11-20/h7-9,12-13,16,19-20,28H,5-6,10-11,14-15,17-18H2,1-4H3,(H,32,37)(H,33,38)(H,34,36)/t28-/m1/s1. The van der Waals surface area contributed by atoms with E-state index in [1.165, 1.54) is 14.2 Å². The van der Waals surface area contributed by atoms with Gasteiger partial charge in [-0.25, -0.2) is 0 Å². The van der Waals surface area contributed by atoms with E-state index in [1.807, 2.05) is 13.8 Å². The predicted octanol–water partition coefficient (Wildman–Crippen LogP) is 3.02. The Morgan fingerprint density at radius 1 is 0.976 bits per heavy atom.